The fourth-order valence-corrected chi connectivity index (χ4v) is 6.18. The number of fused-ring (bicyclic) bond motifs is 1. The Balaban J connectivity index is 1.55. The normalized spacial score (nSPS) is 20.9. The van der Waals surface area contributed by atoms with Crippen molar-refractivity contribution in [2.75, 3.05) is 0 Å². The van der Waals surface area contributed by atoms with Gasteiger partial charge in [0.1, 0.15) is 0 Å². The number of halogens is 1. The van der Waals surface area contributed by atoms with Crippen LogP contribution in [0, 0.1) is 0 Å². The lowest BCUT2D eigenvalue weighted by molar-refractivity contribution is -0.124. The van der Waals surface area contributed by atoms with Gasteiger partial charge in [-0.3, -0.25) is 9.59 Å². The van der Waals surface area contributed by atoms with Gasteiger partial charge in [-0.15, -0.1) is 11.3 Å². The van der Waals surface area contributed by atoms with Crippen LogP contribution in [0.4, 0.5) is 0 Å². The summed E-state index contributed by atoms with van der Waals surface area (Å²) in [5.41, 5.74) is 2.33. The lowest BCUT2D eigenvalue weighted by atomic mass is 9.80. The summed E-state index contributed by atoms with van der Waals surface area (Å²) in [6, 6.07) is 19.0. The van der Waals surface area contributed by atoms with Gasteiger partial charge in [0.05, 0.1) is 12.0 Å². The summed E-state index contributed by atoms with van der Waals surface area (Å²) in [4.78, 5) is 30.5. The number of benzene rings is 2. The Morgan fingerprint density at radius 1 is 1.03 bits per heavy atom. The molecule has 5 rings (SSSR count). The third-order valence-electron chi connectivity index (χ3n) is 6.62. The first-order valence-corrected chi connectivity index (χ1v) is 12.4. The van der Waals surface area contributed by atoms with E-state index < -0.39 is 5.92 Å². The van der Waals surface area contributed by atoms with Gasteiger partial charge in [0.15, 0.2) is 0 Å². The van der Waals surface area contributed by atoms with Crippen LogP contribution in [0.15, 0.2) is 66.0 Å². The van der Waals surface area contributed by atoms with Crippen molar-refractivity contribution >= 4 is 34.8 Å². The predicted octanol–water partition coefficient (Wildman–Crippen LogP) is 5.94. The highest BCUT2D eigenvalue weighted by molar-refractivity contribution is 7.10. The molecule has 1 N–H and O–H groups in total. The van der Waals surface area contributed by atoms with Crippen molar-refractivity contribution in [2.45, 2.75) is 50.2 Å². The van der Waals surface area contributed by atoms with Crippen LogP contribution in [0.1, 0.15) is 64.0 Å². The smallest absolute Gasteiger partial charge is 0.254 e. The maximum absolute atomic E-state index is 13.7. The summed E-state index contributed by atoms with van der Waals surface area (Å²) in [7, 11) is 0. The second kappa shape index (κ2) is 9.08. The Labute approximate surface area is 197 Å². The monoisotopic (exact) mass is 464 g/mol. The second-order valence-corrected chi connectivity index (χ2v) is 9.87. The molecule has 2 atom stereocenters. The maximum Gasteiger partial charge on any atom is 0.254 e. The highest BCUT2D eigenvalue weighted by Crippen LogP contribution is 2.47. The zero-order chi connectivity index (χ0) is 22.1. The number of hydrogen-bond donors (Lipinski definition) is 1. The largest absolute Gasteiger partial charge is 0.351 e. The quantitative estimate of drug-likeness (QED) is 0.507. The van der Waals surface area contributed by atoms with E-state index >= 15 is 0 Å². The minimum Gasteiger partial charge on any atom is -0.351 e. The van der Waals surface area contributed by atoms with Crippen molar-refractivity contribution in [3.05, 3.63) is 92.6 Å². The van der Waals surface area contributed by atoms with Crippen molar-refractivity contribution in [3.63, 3.8) is 0 Å². The van der Waals surface area contributed by atoms with Crippen molar-refractivity contribution in [3.8, 4) is 0 Å². The molecule has 1 aliphatic carbocycles. The van der Waals surface area contributed by atoms with Crippen LogP contribution in [-0.4, -0.2) is 22.8 Å². The minimum absolute atomic E-state index is 0.0426. The van der Waals surface area contributed by atoms with Crippen LogP contribution in [0.5, 0.6) is 0 Å². The van der Waals surface area contributed by atoms with Gasteiger partial charge in [-0.25, -0.2) is 0 Å². The van der Waals surface area contributed by atoms with E-state index in [0.29, 0.717) is 17.1 Å². The number of amides is 2. The summed E-state index contributed by atoms with van der Waals surface area (Å²) in [6.45, 7) is 0.353. The van der Waals surface area contributed by atoms with Crippen LogP contribution in [0.2, 0.25) is 5.02 Å². The second-order valence-electron chi connectivity index (χ2n) is 8.49. The molecule has 1 aliphatic heterocycles. The van der Waals surface area contributed by atoms with E-state index in [4.69, 9.17) is 11.6 Å². The third kappa shape index (κ3) is 3.84. The molecule has 2 aliphatic rings. The van der Waals surface area contributed by atoms with Crippen LogP contribution in [-0.2, 0) is 11.3 Å². The molecule has 6 heteroatoms. The minimum atomic E-state index is -0.467. The molecule has 0 unspecified atom stereocenters. The summed E-state index contributed by atoms with van der Waals surface area (Å²) in [5.74, 6) is -0.502. The van der Waals surface area contributed by atoms with E-state index in [1.54, 1.807) is 11.3 Å². The summed E-state index contributed by atoms with van der Waals surface area (Å²) >= 11 is 7.92. The van der Waals surface area contributed by atoms with E-state index in [9.17, 15) is 9.59 Å². The summed E-state index contributed by atoms with van der Waals surface area (Å²) in [6.07, 6.45) is 4.22. The molecule has 1 fully saturated rings. The highest BCUT2D eigenvalue weighted by atomic mass is 35.5. The predicted molar refractivity (Wildman–Crippen MR) is 128 cm³/mol. The Hall–Kier alpha value is -2.63. The van der Waals surface area contributed by atoms with Crippen LogP contribution >= 0.6 is 22.9 Å². The Kier molecular flexibility index (Phi) is 6.03. The summed E-state index contributed by atoms with van der Waals surface area (Å²) in [5, 5.41) is 5.76. The SMILES string of the molecule is O=C(NCc1ccccc1Cl)[C@H]1c2ccccc2C(=O)N(C2CCCC2)[C@@H]1c1cccs1. The number of nitrogens with zero attached hydrogens (tertiary/aromatic N) is 1. The standard InChI is InChI=1S/C26H25ClN2O2S/c27-21-13-6-1-8-17(21)16-28-25(30)23-19-11-4-5-12-20(19)26(31)29(18-9-2-3-10-18)24(23)22-14-7-15-32-22/h1,4-8,11-15,18,23-24H,2-3,9-10,16H2,(H,28,30)/t23-,24+/m0/s1. The van der Waals surface area contributed by atoms with Gasteiger partial charge in [0.25, 0.3) is 5.91 Å². The van der Waals surface area contributed by atoms with E-state index in [1.165, 1.54) is 0 Å². The maximum atomic E-state index is 13.7. The number of thiophene rings is 1. The van der Waals surface area contributed by atoms with E-state index in [-0.39, 0.29) is 23.9 Å². The fourth-order valence-electron chi connectivity index (χ4n) is 5.11. The Bertz CT molecular complexity index is 1120. The average Bonchev–Trinajstić information content (AvgIpc) is 3.53. The molecular weight excluding hydrogens is 440 g/mol. The lowest BCUT2D eigenvalue weighted by Gasteiger charge is -2.44. The van der Waals surface area contributed by atoms with Gasteiger partial charge in [-0.2, -0.15) is 0 Å². The number of carbonyl (C=O) groups is 2. The molecule has 0 saturated heterocycles. The van der Waals surface area contributed by atoms with E-state index in [2.05, 4.69) is 5.32 Å². The summed E-state index contributed by atoms with van der Waals surface area (Å²) < 4.78 is 0. The van der Waals surface area contributed by atoms with Crippen molar-refractivity contribution in [1.82, 2.24) is 10.2 Å². The zero-order valence-electron chi connectivity index (χ0n) is 17.7. The van der Waals surface area contributed by atoms with E-state index in [1.807, 2.05) is 70.9 Å². The van der Waals surface area contributed by atoms with Crippen LogP contribution < -0.4 is 5.32 Å². The van der Waals surface area contributed by atoms with Gasteiger partial charge < -0.3 is 10.2 Å². The number of carbonyl (C=O) groups excluding carboxylic acids is 2. The molecule has 1 aromatic heterocycles. The van der Waals surface area contributed by atoms with Gasteiger partial charge in [0.2, 0.25) is 5.91 Å². The molecule has 2 aromatic carbocycles. The van der Waals surface area contributed by atoms with E-state index in [0.717, 1.165) is 41.7 Å². The van der Waals surface area contributed by atoms with Crippen LogP contribution in [0.25, 0.3) is 0 Å². The molecule has 2 heterocycles. The Morgan fingerprint density at radius 2 is 1.78 bits per heavy atom. The molecule has 2 amide bonds. The highest BCUT2D eigenvalue weighted by Gasteiger charge is 2.47. The van der Waals surface area contributed by atoms with Gasteiger partial charge in [0, 0.05) is 28.0 Å². The first-order valence-electron chi connectivity index (χ1n) is 11.1. The molecule has 32 heavy (non-hydrogen) atoms. The van der Waals surface area contributed by atoms with Gasteiger partial charge in [-0.1, -0.05) is 66.9 Å². The Morgan fingerprint density at radius 3 is 2.53 bits per heavy atom. The molecule has 4 nitrogen and oxygen atoms in total. The number of rotatable bonds is 5. The van der Waals surface area contributed by atoms with Gasteiger partial charge >= 0.3 is 0 Å². The first-order chi connectivity index (χ1) is 15.6. The molecule has 1 saturated carbocycles. The van der Waals surface area contributed by atoms with Crippen molar-refractivity contribution in [2.24, 2.45) is 0 Å². The molecule has 0 bridgehead atoms. The molecule has 3 aromatic rings. The lowest BCUT2D eigenvalue weighted by Crippen LogP contribution is -2.50. The van der Waals surface area contributed by atoms with Crippen molar-refractivity contribution < 1.29 is 9.59 Å². The molecule has 164 valence electrons. The zero-order valence-corrected chi connectivity index (χ0v) is 19.2. The molecule has 0 radical (unpaired) electrons. The third-order valence-corrected chi connectivity index (χ3v) is 7.93. The van der Waals surface area contributed by atoms with Crippen molar-refractivity contribution in [1.29, 1.82) is 0 Å². The topological polar surface area (TPSA) is 49.4 Å². The average molecular weight is 465 g/mol. The van der Waals surface area contributed by atoms with Gasteiger partial charge in [-0.05, 0) is 47.5 Å². The number of nitrogens with one attached hydrogen (secondary N) is 1. The fraction of sp³-hybridized carbons (Fsp3) is 0.308. The first kappa shape index (κ1) is 21.2. The van der Waals surface area contributed by atoms with Crippen LogP contribution in [0.3, 0.4) is 0 Å². The number of hydrogen-bond acceptors (Lipinski definition) is 3. The molecular formula is C26H25ClN2O2S. The molecule has 0 spiro atoms.